The first-order valence-electron chi connectivity index (χ1n) is 7.64. The molecule has 0 aliphatic carbocycles. The summed E-state index contributed by atoms with van der Waals surface area (Å²) in [6, 6.07) is 10.4. The van der Waals surface area contributed by atoms with Gasteiger partial charge in [-0.3, -0.25) is 0 Å². The van der Waals surface area contributed by atoms with Crippen molar-refractivity contribution >= 4 is 15.4 Å². The van der Waals surface area contributed by atoms with Crippen LogP contribution in [0.2, 0.25) is 0 Å². The number of nitrogens with one attached hydrogen (secondary N) is 1. The first-order chi connectivity index (χ1) is 9.96. The molecule has 1 aromatic rings. The van der Waals surface area contributed by atoms with Crippen molar-refractivity contribution < 1.29 is 8.42 Å². The van der Waals surface area contributed by atoms with Crippen LogP contribution in [0, 0.1) is 5.92 Å². The van der Waals surface area contributed by atoms with Gasteiger partial charge in [0.1, 0.15) is 0 Å². The quantitative estimate of drug-likeness (QED) is 0.879. The lowest BCUT2D eigenvalue weighted by Gasteiger charge is -2.14. The molecular formula is C17H25NO2S. The molecule has 1 aromatic carbocycles. The summed E-state index contributed by atoms with van der Waals surface area (Å²) in [4.78, 5) is 0. The van der Waals surface area contributed by atoms with Crippen LogP contribution in [-0.2, 0) is 9.84 Å². The van der Waals surface area contributed by atoms with Crippen molar-refractivity contribution in [3.05, 3.63) is 42.0 Å². The SMILES string of the molecule is CC(C)CC=C(CNC1CCS(=O)(=O)C1)c1ccccc1. The molecule has 1 N–H and O–H groups in total. The van der Waals surface area contributed by atoms with Crippen LogP contribution in [0.4, 0.5) is 0 Å². The van der Waals surface area contributed by atoms with Gasteiger partial charge in [-0.2, -0.15) is 0 Å². The van der Waals surface area contributed by atoms with E-state index in [1.165, 1.54) is 11.1 Å². The van der Waals surface area contributed by atoms with Crippen LogP contribution >= 0.6 is 0 Å². The first-order valence-corrected chi connectivity index (χ1v) is 9.46. The van der Waals surface area contributed by atoms with E-state index in [0.717, 1.165) is 19.4 Å². The van der Waals surface area contributed by atoms with Gasteiger partial charge in [0.15, 0.2) is 9.84 Å². The van der Waals surface area contributed by atoms with Gasteiger partial charge in [0.2, 0.25) is 0 Å². The number of sulfone groups is 1. The van der Waals surface area contributed by atoms with Gasteiger partial charge in [-0.15, -0.1) is 0 Å². The molecule has 0 aromatic heterocycles. The Morgan fingerprint density at radius 3 is 2.62 bits per heavy atom. The zero-order valence-corrected chi connectivity index (χ0v) is 13.7. The largest absolute Gasteiger partial charge is 0.309 e. The maximum Gasteiger partial charge on any atom is 0.151 e. The zero-order chi connectivity index (χ0) is 15.3. The van der Waals surface area contributed by atoms with E-state index in [0.29, 0.717) is 11.7 Å². The minimum atomic E-state index is -2.82. The summed E-state index contributed by atoms with van der Waals surface area (Å²) in [5, 5.41) is 3.41. The van der Waals surface area contributed by atoms with Gasteiger partial charge in [0.05, 0.1) is 11.5 Å². The standard InChI is InChI=1S/C17H25NO2S/c1-14(2)8-9-16(15-6-4-3-5-7-15)12-18-17-10-11-21(19,20)13-17/h3-7,9,14,17-18H,8,10-13H2,1-2H3. The third-order valence-electron chi connectivity index (χ3n) is 3.79. The Morgan fingerprint density at radius 1 is 1.33 bits per heavy atom. The second-order valence-electron chi connectivity index (χ2n) is 6.21. The molecule has 1 atom stereocenters. The van der Waals surface area contributed by atoms with Crippen molar-refractivity contribution in [2.24, 2.45) is 5.92 Å². The third kappa shape index (κ3) is 5.29. The molecule has 2 rings (SSSR count). The molecule has 4 heteroatoms. The molecule has 21 heavy (non-hydrogen) atoms. The van der Waals surface area contributed by atoms with Gasteiger partial charge in [0.25, 0.3) is 0 Å². The average molecular weight is 307 g/mol. The summed E-state index contributed by atoms with van der Waals surface area (Å²) in [6.45, 7) is 5.14. The second-order valence-corrected chi connectivity index (χ2v) is 8.43. The molecule has 0 saturated carbocycles. The molecule has 0 bridgehead atoms. The highest BCUT2D eigenvalue weighted by molar-refractivity contribution is 7.91. The van der Waals surface area contributed by atoms with E-state index in [-0.39, 0.29) is 11.8 Å². The smallest absolute Gasteiger partial charge is 0.151 e. The maximum absolute atomic E-state index is 11.5. The number of hydrogen-bond acceptors (Lipinski definition) is 3. The zero-order valence-electron chi connectivity index (χ0n) is 12.9. The van der Waals surface area contributed by atoms with Crippen LogP contribution in [0.5, 0.6) is 0 Å². The van der Waals surface area contributed by atoms with E-state index in [9.17, 15) is 8.42 Å². The second kappa shape index (κ2) is 7.23. The van der Waals surface area contributed by atoms with Gasteiger partial charge >= 0.3 is 0 Å². The van der Waals surface area contributed by atoms with E-state index in [1.54, 1.807) is 0 Å². The molecule has 1 heterocycles. The minimum Gasteiger partial charge on any atom is -0.309 e. The Labute approximate surface area is 128 Å². The fraction of sp³-hybridized carbons (Fsp3) is 0.529. The molecule has 1 unspecified atom stereocenters. The lowest BCUT2D eigenvalue weighted by molar-refractivity contribution is 0.586. The summed E-state index contributed by atoms with van der Waals surface area (Å²) in [7, 11) is -2.82. The van der Waals surface area contributed by atoms with Crippen LogP contribution in [0.15, 0.2) is 36.4 Å². The highest BCUT2D eigenvalue weighted by Gasteiger charge is 2.27. The maximum atomic E-state index is 11.5. The van der Waals surface area contributed by atoms with Crippen LogP contribution < -0.4 is 5.32 Å². The fourth-order valence-electron chi connectivity index (χ4n) is 2.53. The number of benzene rings is 1. The van der Waals surface area contributed by atoms with Crippen LogP contribution in [0.25, 0.3) is 5.57 Å². The third-order valence-corrected chi connectivity index (χ3v) is 5.56. The van der Waals surface area contributed by atoms with E-state index < -0.39 is 9.84 Å². The van der Waals surface area contributed by atoms with Gasteiger partial charge in [0, 0.05) is 12.6 Å². The van der Waals surface area contributed by atoms with Crippen molar-refractivity contribution in [3.63, 3.8) is 0 Å². The van der Waals surface area contributed by atoms with Crippen molar-refractivity contribution in [2.45, 2.75) is 32.7 Å². The van der Waals surface area contributed by atoms with E-state index in [1.807, 2.05) is 18.2 Å². The summed E-state index contributed by atoms with van der Waals surface area (Å²) >= 11 is 0. The first kappa shape index (κ1) is 16.2. The van der Waals surface area contributed by atoms with Crippen molar-refractivity contribution in [1.29, 1.82) is 0 Å². The molecule has 116 valence electrons. The molecule has 1 saturated heterocycles. The van der Waals surface area contributed by atoms with Gasteiger partial charge in [-0.1, -0.05) is 50.3 Å². The van der Waals surface area contributed by atoms with Crippen molar-refractivity contribution in [2.75, 3.05) is 18.1 Å². The van der Waals surface area contributed by atoms with Crippen molar-refractivity contribution in [3.8, 4) is 0 Å². The highest BCUT2D eigenvalue weighted by Crippen LogP contribution is 2.18. The Bertz CT molecular complexity index is 576. The molecule has 3 nitrogen and oxygen atoms in total. The Hall–Kier alpha value is -1.13. The molecular weight excluding hydrogens is 282 g/mol. The molecule has 0 spiro atoms. The number of hydrogen-bond donors (Lipinski definition) is 1. The molecule has 0 radical (unpaired) electrons. The molecule has 1 aliphatic heterocycles. The molecule has 1 aliphatic rings. The fourth-order valence-corrected chi connectivity index (χ4v) is 4.24. The van der Waals surface area contributed by atoms with Crippen LogP contribution in [0.1, 0.15) is 32.3 Å². The Morgan fingerprint density at radius 2 is 2.05 bits per heavy atom. The topological polar surface area (TPSA) is 46.2 Å². The number of allylic oxidation sites excluding steroid dienone is 1. The predicted octanol–water partition coefficient (Wildman–Crippen LogP) is 2.89. The lowest BCUT2D eigenvalue weighted by Crippen LogP contribution is -2.31. The summed E-state index contributed by atoms with van der Waals surface area (Å²) in [5.74, 6) is 1.22. The van der Waals surface area contributed by atoms with Gasteiger partial charge in [-0.25, -0.2) is 8.42 Å². The predicted molar refractivity (Wildman–Crippen MR) is 88.9 cm³/mol. The van der Waals surface area contributed by atoms with Gasteiger partial charge < -0.3 is 5.32 Å². The van der Waals surface area contributed by atoms with E-state index >= 15 is 0 Å². The minimum absolute atomic E-state index is 0.0983. The van der Waals surface area contributed by atoms with Gasteiger partial charge in [-0.05, 0) is 29.9 Å². The summed E-state index contributed by atoms with van der Waals surface area (Å²) < 4.78 is 23.0. The lowest BCUT2D eigenvalue weighted by atomic mass is 10.0. The Balaban J connectivity index is 2.02. The summed E-state index contributed by atoms with van der Waals surface area (Å²) in [5.41, 5.74) is 2.47. The summed E-state index contributed by atoms with van der Waals surface area (Å²) in [6.07, 6.45) is 4.04. The molecule has 0 amide bonds. The van der Waals surface area contributed by atoms with Crippen LogP contribution in [0.3, 0.4) is 0 Å². The average Bonchev–Trinajstić information content (AvgIpc) is 2.79. The Kier molecular flexibility index (Phi) is 5.59. The normalized spacial score (nSPS) is 21.9. The van der Waals surface area contributed by atoms with Crippen LogP contribution in [-0.4, -0.2) is 32.5 Å². The van der Waals surface area contributed by atoms with Crippen molar-refractivity contribution in [1.82, 2.24) is 5.32 Å². The highest BCUT2D eigenvalue weighted by atomic mass is 32.2. The number of rotatable bonds is 6. The molecule has 1 fully saturated rings. The monoisotopic (exact) mass is 307 g/mol. The van der Waals surface area contributed by atoms with E-state index in [2.05, 4.69) is 37.4 Å². The van der Waals surface area contributed by atoms with E-state index in [4.69, 9.17) is 0 Å².